The number of urea groups is 1. The highest BCUT2D eigenvalue weighted by Crippen LogP contribution is 2.38. The van der Waals surface area contributed by atoms with E-state index in [9.17, 15) is 4.79 Å². The summed E-state index contributed by atoms with van der Waals surface area (Å²) >= 11 is 6.62. The molecule has 0 atom stereocenters. The van der Waals surface area contributed by atoms with E-state index in [1.807, 2.05) is 54.3 Å². The SMILES string of the molecule is Cc1ccc(-c2ccc(NC(=O)N3CCc4cc(Cl)c(N5CCN(C)CC5)cc43)cc2)nn1. The van der Waals surface area contributed by atoms with Crippen LogP contribution >= 0.6 is 11.6 Å². The number of fused-ring (bicyclic) bond motifs is 1. The van der Waals surface area contributed by atoms with Crippen molar-refractivity contribution in [3.63, 3.8) is 0 Å². The Morgan fingerprint density at radius 1 is 0.939 bits per heavy atom. The molecule has 1 saturated heterocycles. The molecular formula is C25H27ClN6O. The summed E-state index contributed by atoms with van der Waals surface area (Å²) in [6.07, 6.45) is 0.802. The molecule has 1 fully saturated rings. The van der Waals surface area contributed by atoms with Gasteiger partial charge >= 0.3 is 6.03 Å². The van der Waals surface area contributed by atoms with E-state index in [2.05, 4.69) is 38.4 Å². The molecule has 7 nitrogen and oxygen atoms in total. The summed E-state index contributed by atoms with van der Waals surface area (Å²) < 4.78 is 0. The maximum atomic E-state index is 13.1. The first-order chi connectivity index (χ1) is 16.0. The summed E-state index contributed by atoms with van der Waals surface area (Å²) in [6.45, 7) is 6.41. The highest BCUT2D eigenvalue weighted by atomic mass is 35.5. The third-order valence-electron chi connectivity index (χ3n) is 6.36. The van der Waals surface area contributed by atoms with E-state index >= 15 is 0 Å². The minimum Gasteiger partial charge on any atom is -0.368 e. The second kappa shape index (κ2) is 9.00. The fraction of sp³-hybridized carbons (Fsp3) is 0.320. The number of piperazine rings is 1. The summed E-state index contributed by atoms with van der Waals surface area (Å²) in [5.74, 6) is 0. The summed E-state index contributed by atoms with van der Waals surface area (Å²) in [4.78, 5) is 19.6. The summed E-state index contributed by atoms with van der Waals surface area (Å²) in [6, 6.07) is 15.5. The van der Waals surface area contributed by atoms with Crippen molar-refractivity contribution in [2.24, 2.45) is 0 Å². The van der Waals surface area contributed by atoms with Crippen LogP contribution in [0.5, 0.6) is 0 Å². The minimum atomic E-state index is -0.136. The fourth-order valence-corrected chi connectivity index (χ4v) is 4.67. The number of hydrogen-bond acceptors (Lipinski definition) is 5. The number of benzene rings is 2. The fourth-order valence-electron chi connectivity index (χ4n) is 4.37. The van der Waals surface area contributed by atoms with Crippen molar-refractivity contribution in [1.29, 1.82) is 0 Å². The van der Waals surface area contributed by atoms with Crippen LogP contribution in [-0.2, 0) is 6.42 Å². The van der Waals surface area contributed by atoms with Crippen LogP contribution in [0.3, 0.4) is 0 Å². The molecule has 2 aromatic carbocycles. The number of aromatic nitrogens is 2. The van der Waals surface area contributed by atoms with Gasteiger partial charge in [0, 0.05) is 44.0 Å². The van der Waals surface area contributed by atoms with E-state index in [0.717, 1.165) is 77.2 Å². The maximum absolute atomic E-state index is 13.1. The molecule has 0 saturated carbocycles. The number of halogens is 1. The Kier molecular flexibility index (Phi) is 5.91. The molecule has 0 bridgehead atoms. The number of amides is 2. The van der Waals surface area contributed by atoms with Crippen LogP contribution in [0.1, 0.15) is 11.3 Å². The molecular weight excluding hydrogens is 436 g/mol. The van der Waals surface area contributed by atoms with Gasteiger partial charge in [0.25, 0.3) is 0 Å². The molecule has 3 heterocycles. The molecule has 2 aliphatic heterocycles. The zero-order valence-corrected chi connectivity index (χ0v) is 19.6. The smallest absolute Gasteiger partial charge is 0.326 e. The zero-order valence-electron chi connectivity index (χ0n) is 18.9. The molecule has 170 valence electrons. The van der Waals surface area contributed by atoms with Crippen molar-refractivity contribution in [3.05, 3.63) is 64.8 Å². The molecule has 0 unspecified atom stereocenters. The van der Waals surface area contributed by atoms with Crippen molar-refractivity contribution in [2.45, 2.75) is 13.3 Å². The van der Waals surface area contributed by atoms with E-state index in [-0.39, 0.29) is 6.03 Å². The lowest BCUT2D eigenvalue weighted by Crippen LogP contribution is -2.44. The van der Waals surface area contributed by atoms with Crippen molar-refractivity contribution in [3.8, 4) is 11.3 Å². The van der Waals surface area contributed by atoms with Gasteiger partial charge in [-0.25, -0.2) is 4.79 Å². The monoisotopic (exact) mass is 462 g/mol. The largest absolute Gasteiger partial charge is 0.368 e. The Balaban J connectivity index is 1.31. The van der Waals surface area contributed by atoms with E-state index in [1.54, 1.807) is 0 Å². The lowest BCUT2D eigenvalue weighted by atomic mass is 10.1. The Labute approximate surface area is 199 Å². The maximum Gasteiger partial charge on any atom is 0.326 e. The van der Waals surface area contributed by atoms with Crippen LogP contribution in [-0.4, -0.2) is 60.9 Å². The van der Waals surface area contributed by atoms with Gasteiger partial charge in [0.15, 0.2) is 0 Å². The van der Waals surface area contributed by atoms with Crippen LogP contribution in [0.2, 0.25) is 5.02 Å². The zero-order chi connectivity index (χ0) is 22.9. The normalized spacial score (nSPS) is 16.1. The number of likely N-dealkylation sites (N-methyl/N-ethyl adjacent to an activating group) is 1. The van der Waals surface area contributed by atoms with Gasteiger partial charge in [-0.1, -0.05) is 23.7 Å². The Morgan fingerprint density at radius 3 is 2.39 bits per heavy atom. The lowest BCUT2D eigenvalue weighted by Gasteiger charge is -2.35. The Morgan fingerprint density at radius 2 is 1.70 bits per heavy atom. The highest BCUT2D eigenvalue weighted by Gasteiger charge is 2.28. The van der Waals surface area contributed by atoms with Crippen molar-refractivity contribution in [1.82, 2.24) is 15.1 Å². The number of anilines is 3. The molecule has 8 heteroatoms. The van der Waals surface area contributed by atoms with Gasteiger partial charge in [-0.15, -0.1) is 0 Å². The predicted molar refractivity (Wildman–Crippen MR) is 133 cm³/mol. The minimum absolute atomic E-state index is 0.136. The molecule has 1 aromatic heterocycles. The first-order valence-electron chi connectivity index (χ1n) is 11.2. The van der Waals surface area contributed by atoms with Crippen molar-refractivity contribution < 1.29 is 4.79 Å². The van der Waals surface area contributed by atoms with Crippen molar-refractivity contribution >= 4 is 34.7 Å². The molecule has 2 amide bonds. The number of aryl methyl sites for hydroxylation is 1. The van der Waals surface area contributed by atoms with Gasteiger partial charge < -0.3 is 15.1 Å². The average Bonchev–Trinajstić information content (AvgIpc) is 3.23. The molecule has 0 radical (unpaired) electrons. The molecule has 0 aliphatic carbocycles. The van der Waals surface area contributed by atoms with Crippen LogP contribution in [0.25, 0.3) is 11.3 Å². The Bertz CT molecular complexity index is 1160. The first kappa shape index (κ1) is 21.7. The second-order valence-corrected chi connectivity index (χ2v) is 9.10. The number of carbonyl (C=O) groups excluding carboxylic acids is 1. The first-order valence-corrected chi connectivity index (χ1v) is 11.6. The molecule has 1 N–H and O–H groups in total. The van der Waals surface area contributed by atoms with Gasteiger partial charge in [-0.05, 0) is 62.4 Å². The lowest BCUT2D eigenvalue weighted by molar-refractivity contribution is 0.257. The van der Waals surface area contributed by atoms with Crippen LogP contribution in [0, 0.1) is 6.92 Å². The van der Waals surface area contributed by atoms with Gasteiger partial charge in [-0.3, -0.25) is 4.90 Å². The Hall–Kier alpha value is -3.16. The second-order valence-electron chi connectivity index (χ2n) is 8.69. The van der Waals surface area contributed by atoms with Gasteiger partial charge in [0.1, 0.15) is 0 Å². The molecule has 33 heavy (non-hydrogen) atoms. The summed E-state index contributed by atoms with van der Waals surface area (Å²) in [5.41, 5.74) is 6.44. The van der Waals surface area contributed by atoms with E-state index in [4.69, 9.17) is 11.6 Å². The summed E-state index contributed by atoms with van der Waals surface area (Å²) in [5, 5.41) is 12.1. The summed E-state index contributed by atoms with van der Waals surface area (Å²) in [7, 11) is 2.13. The number of rotatable bonds is 3. The average molecular weight is 463 g/mol. The molecule has 5 rings (SSSR count). The van der Waals surface area contributed by atoms with Gasteiger partial charge in [0.2, 0.25) is 0 Å². The van der Waals surface area contributed by atoms with Gasteiger partial charge in [0.05, 0.1) is 27.8 Å². The standard InChI is InChI=1S/C25H27ClN6O/c1-17-3-8-22(29-28-17)18-4-6-20(7-5-18)27-25(33)32-10-9-19-15-21(26)24(16-23(19)32)31-13-11-30(2)12-14-31/h3-8,15-16H,9-14H2,1-2H3,(H,27,33). The van der Waals surface area contributed by atoms with Crippen LogP contribution in [0.4, 0.5) is 21.9 Å². The number of nitrogens with zero attached hydrogens (tertiary/aromatic N) is 5. The topological polar surface area (TPSA) is 64.6 Å². The number of nitrogens with one attached hydrogen (secondary N) is 1. The third kappa shape index (κ3) is 4.51. The molecule has 0 spiro atoms. The van der Waals surface area contributed by atoms with Gasteiger partial charge in [-0.2, -0.15) is 10.2 Å². The third-order valence-corrected chi connectivity index (χ3v) is 6.67. The van der Waals surface area contributed by atoms with Crippen molar-refractivity contribution in [2.75, 3.05) is 54.9 Å². The predicted octanol–water partition coefficient (Wildman–Crippen LogP) is 4.45. The quantitative estimate of drug-likeness (QED) is 0.623. The number of carbonyl (C=O) groups is 1. The van der Waals surface area contributed by atoms with E-state index in [1.165, 1.54) is 0 Å². The molecule has 2 aliphatic rings. The van der Waals surface area contributed by atoms with Crippen LogP contribution < -0.4 is 15.1 Å². The van der Waals surface area contributed by atoms with Crippen LogP contribution in [0.15, 0.2) is 48.5 Å². The van der Waals surface area contributed by atoms with E-state index in [0.29, 0.717) is 6.54 Å². The molecule has 3 aromatic rings. The highest BCUT2D eigenvalue weighted by molar-refractivity contribution is 6.33. The number of hydrogen-bond donors (Lipinski definition) is 1. The van der Waals surface area contributed by atoms with E-state index < -0.39 is 0 Å².